The van der Waals surface area contributed by atoms with Gasteiger partial charge in [-0.25, -0.2) is 4.39 Å². The molecular formula is C26H16ClF6N11O. The second-order valence-corrected chi connectivity index (χ2v) is 9.91. The van der Waals surface area contributed by atoms with Crippen molar-refractivity contribution in [3.05, 3.63) is 107 Å². The highest BCUT2D eigenvalue weighted by molar-refractivity contribution is 6.31. The summed E-state index contributed by atoms with van der Waals surface area (Å²) in [5.74, 6) is -0.843. The molecule has 1 atom stereocenters. The van der Waals surface area contributed by atoms with E-state index in [0.717, 1.165) is 24.7 Å². The number of hydrogen-bond acceptors (Lipinski definition) is 8. The third-order valence-corrected chi connectivity index (χ3v) is 7.00. The zero-order valence-electron chi connectivity index (χ0n) is 22.3. The predicted octanol–water partition coefficient (Wildman–Crippen LogP) is 4.85. The van der Waals surface area contributed by atoms with E-state index >= 15 is 4.39 Å². The quantitative estimate of drug-likeness (QED) is 0.130. The normalized spacial score (nSPS) is 12.6. The second kappa shape index (κ2) is 11.6. The van der Waals surface area contributed by atoms with Gasteiger partial charge in [-0.1, -0.05) is 16.8 Å². The van der Waals surface area contributed by atoms with Crippen LogP contribution in [0.1, 0.15) is 29.7 Å². The summed E-state index contributed by atoms with van der Waals surface area (Å²) < 4.78 is 84.7. The minimum Gasteiger partial charge on any atom is -0.618 e. The Kier molecular flexibility index (Phi) is 7.65. The van der Waals surface area contributed by atoms with Crippen LogP contribution in [0.25, 0.3) is 27.9 Å². The standard InChI is InChI=1S/C26H16ClF6N11O/c27-18-2-4-20(43-13-35-38-40-43)23(24(18)28)15-1-3-19(44(45)11-15)21(8-17-12-42(25(29)30)39-37-17)41-10-16(9-36-41)14-5-6-34-22(7-14)26(31,32)33/h1-7,9-13,21,25H,8H2/t21-/m0/s1. The molecule has 0 aliphatic heterocycles. The Bertz CT molecular complexity index is 1980. The molecule has 0 saturated carbocycles. The van der Waals surface area contributed by atoms with Crippen LogP contribution in [0.4, 0.5) is 26.3 Å². The largest absolute Gasteiger partial charge is 0.618 e. The lowest BCUT2D eigenvalue weighted by Gasteiger charge is -2.17. The number of benzene rings is 1. The van der Waals surface area contributed by atoms with E-state index in [1.807, 2.05) is 0 Å². The number of nitrogens with zero attached hydrogens (tertiary/aromatic N) is 11. The SMILES string of the molecule is [O-][n+]1cc(-c2c(-n3cnnn3)ccc(Cl)c2F)ccc1[C@H](Cc1cn(C(F)F)nn1)n1cc(-c2ccnc(C(F)(F)F)c2)cn1. The molecule has 1 aromatic carbocycles. The van der Waals surface area contributed by atoms with Gasteiger partial charge in [0.25, 0.3) is 0 Å². The first-order chi connectivity index (χ1) is 21.5. The molecule has 0 fully saturated rings. The lowest BCUT2D eigenvalue weighted by atomic mass is 10.0. The van der Waals surface area contributed by atoms with Crippen LogP contribution in [0.2, 0.25) is 5.02 Å². The van der Waals surface area contributed by atoms with Crippen LogP contribution in [-0.2, 0) is 12.6 Å². The molecule has 0 bridgehead atoms. The molecule has 5 heterocycles. The maximum Gasteiger partial charge on any atom is 0.433 e. The van der Waals surface area contributed by atoms with Crippen molar-refractivity contribution in [2.75, 3.05) is 0 Å². The molecule has 12 nitrogen and oxygen atoms in total. The zero-order chi connectivity index (χ0) is 31.9. The van der Waals surface area contributed by atoms with E-state index in [0.29, 0.717) is 9.41 Å². The first-order valence-corrected chi connectivity index (χ1v) is 13.1. The van der Waals surface area contributed by atoms with Crippen molar-refractivity contribution in [1.29, 1.82) is 0 Å². The van der Waals surface area contributed by atoms with Crippen molar-refractivity contribution in [1.82, 2.24) is 50.0 Å². The van der Waals surface area contributed by atoms with Gasteiger partial charge in [0.1, 0.15) is 18.1 Å². The fraction of sp³-hybridized carbons (Fsp3) is 0.154. The molecule has 230 valence electrons. The van der Waals surface area contributed by atoms with E-state index < -0.39 is 30.3 Å². The van der Waals surface area contributed by atoms with Crippen molar-refractivity contribution >= 4 is 11.6 Å². The molecule has 0 aliphatic rings. The minimum atomic E-state index is -4.69. The summed E-state index contributed by atoms with van der Waals surface area (Å²) in [4.78, 5) is 3.35. The van der Waals surface area contributed by atoms with Gasteiger partial charge in [0, 0.05) is 30.4 Å². The molecule has 6 rings (SSSR count). The average molecular weight is 648 g/mol. The number of halogens is 7. The van der Waals surface area contributed by atoms with E-state index in [2.05, 4.69) is 35.9 Å². The van der Waals surface area contributed by atoms with Crippen molar-refractivity contribution in [2.24, 2.45) is 0 Å². The van der Waals surface area contributed by atoms with Crippen molar-refractivity contribution in [3.63, 3.8) is 0 Å². The molecule has 0 radical (unpaired) electrons. The highest BCUT2D eigenvalue weighted by Gasteiger charge is 2.33. The Morgan fingerprint density at radius 1 is 0.978 bits per heavy atom. The van der Waals surface area contributed by atoms with Crippen LogP contribution in [0.5, 0.6) is 0 Å². The highest BCUT2D eigenvalue weighted by Crippen LogP contribution is 2.34. The third kappa shape index (κ3) is 5.91. The Labute approximate surface area is 252 Å². The van der Waals surface area contributed by atoms with Gasteiger partial charge in [-0.15, -0.1) is 10.2 Å². The molecule has 0 spiro atoms. The second-order valence-electron chi connectivity index (χ2n) is 9.50. The Hall–Kier alpha value is -5.39. The first kappa shape index (κ1) is 29.7. The molecular weight excluding hydrogens is 632 g/mol. The summed E-state index contributed by atoms with van der Waals surface area (Å²) in [5.41, 5.74) is -0.449. The molecule has 0 unspecified atom stereocenters. The highest BCUT2D eigenvalue weighted by atomic mass is 35.5. The van der Waals surface area contributed by atoms with Gasteiger partial charge in [-0.3, -0.25) is 9.67 Å². The van der Waals surface area contributed by atoms with Crippen LogP contribution >= 0.6 is 11.6 Å². The number of pyridine rings is 2. The summed E-state index contributed by atoms with van der Waals surface area (Å²) in [6, 6.07) is 6.72. The Balaban J connectivity index is 1.43. The molecule has 0 aliphatic carbocycles. The van der Waals surface area contributed by atoms with Crippen LogP contribution in [0.15, 0.2) is 73.7 Å². The Morgan fingerprint density at radius 2 is 1.80 bits per heavy atom. The lowest BCUT2D eigenvalue weighted by molar-refractivity contribution is -0.615. The van der Waals surface area contributed by atoms with E-state index in [-0.39, 0.29) is 50.8 Å². The average Bonchev–Trinajstić information content (AvgIpc) is 3.80. The predicted molar refractivity (Wildman–Crippen MR) is 142 cm³/mol. The van der Waals surface area contributed by atoms with Gasteiger partial charge in [0.2, 0.25) is 5.69 Å². The lowest BCUT2D eigenvalue weighted by Crippen LogP contribution is -2.36. The van der Waals surface area contributed by atoms with Crippen molar-refractivity contribution in [2.45, 2.75) is 25.2 Å². The summed E-state index contributed by atoms with van der Waals surface area (Å²) in [7, 11) is 0. The fourth-order valence-corrected chi connectivity index (χ4v) is 4.79. The van der Waals surface area contributed by atoms with E-state index in [1.165, 1.54) is 58.4 Å². The minimum absolute atomic E-state index is 0.0112. The molecule has 6 aromatic rings. The van der Waals surface area contributed by atoms with Gasteiger partial charge in [0.15, 0.2) is 12.0 Å². The maximum absolute atomic E-state index is 15.3. The molecule has 45 heavy (non-hydrogen) atoms. The van der Waals surface area contributed by atoms with Crippen LogP contribution < -0.4 is 4.73 Å². The van der Waals surface area contributed by atoms with Crippen LogP contribution in [0, 0.1) is 11.0 Å². The number of tetrazole rings is 1. The summed E-state index contributed by atoms with van der Waals surface area (Å²) in [6.07, 6.45) is 2.09. The summed E-state index contributed by atoms with van der Waals surface area (Å²) in [6.45, 7) is -2.97. The topological polar surface area (TPSA) is 132 Å². The van der Waals surface area contributed by atoms with Gasteiger partial charge < -0.3 is 5.21 Å². The van der Waals surface area contributed by atoms with Gasteiger partial charge in [-0.2, -0.15) is 41.1 Å². The van der Waals surface area contributed by atoms with Gasteiger partial charge >= 0.3 is 12.7 Å². The fourth-order valence-electron chi connectivity index (χ4n) is 4.63. The molecule has 0 amide bonds. The number of alkyl halides is 5. The van der Waals surface area contributed by atoms with E-state index in [9.17, 15) is 27.2 Å². The molecule has 19 heteroatoms. The number of aromatic nitrogens is 11. The zero-order valence-corrected chi connectivity index (χ0v) is 23.0. The van der Waals surface area contributed by atoms with Crippen LogP contribution in [-0.4, -0.2) is 50.0 Å². The third-order valence-electron chi connectivity index (χ3n) is 6.71. The van der Waals surface area contributed by atoms with Crippen molar-refractivity contribution < 1.29 is 31.1 Å². The van der Waals surface area contributed by atoms with Crippen molar-refractivity contribution in [3.8, 4) is 27.9 Å². The van der Waals surface area contributed by atoms with E-state index in [1.54, 1.807) is 0 Å². The monoisotopic (exact) mass is 647 g/mol. The molecule has 5 aromatic heterocycles. The van der Waals surface area contributed by atoms with Gasteiger partial charge in [0.05, 0.1) is 39.9 Å². The molecule has 0 saturated heterocycles. The Morgan fingerprint density at radius 3 is 2.49 bits per heavy atom. The number of rotatable bonds is 8. The summed E-state index contributed by atoms with van der Waals surface area (Å²) in [5, 5.41) is 35.6. The summed E-state index contributed by atoms with van der Waals surface area (Å²) >= 11 is 6.03. The first-order valence-electron chi connectivity index (χ1n) is 12.7. The molecule has 0 N–H and O–H groups in total. The maximum atomic E-state index is 15.3. The smallest absolute Gasteiger partial charge is 0.433 e. The van der Waals surface area contributed by atoms with Gasteiger partial charge in [-0.05, 0) is 46.3 Å². The van der Waals surface area contributed by atoms with E-state index in [4.69, 9.17) is 11.6 Å². The number of hydrogen-bond donors (Lipinski definition) is 0. The van der Waals surface area contributed by atoms with Crippen LogP contribution in [0.3, 0.4) is 0 Å².